The summed E-state index contributed by atoms with van der Waals surface area (Å²) in [6, 6.07) is 15.4. The number of anilines is 3. The molecule has 10 nitrogen and oxygen atoms in total. The Morgan fingerprint density at radius 2 is 1.78 bits per heavy atom. The number of pyridine rings is 1. The van der Waals surface area contributed by atoms with Gasteiger partial charge in [-0.3, -0.25) is 9.59 Å². The minimum Gasteiger partial charge on any atom is -0.355 e. The first-order valence-corrected chi connectivity index (χ1v) is 18.2. The molecule has 4 aliphatic rings. The van der Waals surface area contributed by atoms with E-state index in [1.165, 1.54) is 37.9 Å². The van der Waals surface area contributed by atoms with Crippen LogP contribution in [0.3, 0.4) is 0 Å². The SMILES string of the molecule is CNC(=O)c1cc(Nc2nc(-c3ccc4c(c3)N([C@H]3C[C@@H](N5CCCCC5)C3)C(=O)C43CCNCC3)cc3ncn(C(C)C)c23)ccc1C. The quantitative estimate of drug-likeness (QED) is 0.221. The topological polar surface area (TPSA) is 107 Å². The van der Waals surface area contributed by atoms with Crippen LogP contribution in [0.4, 0.5) is 17.2 Å². The van der Waals surface area contributed by atoms with Gasteiger partial charge in [0.05, 0.1) is 23.0 Å². The van der Waals surface area contributed by atoms with E-state index >= 15 is 0 Å². The van der Waals surface area contributed by atoms with Crippen molar-refractivity contribution in [3.8, 4) is 11.3 Å². The zero-order valence-electron chi connectivity index (χ0n) is 29.2. The van der Waals surface area contributed by atoms with Crippen LogP contribution in [0.1, 0.15) is 86.3 Å². The summed E-state index contributed by atoms with van der Waals surface area (Å²) in [4.78, 5) is 42.0. The fraction of sp³-hybridized carbons (Fsp3) is 0.487. The number of likely N-dealkylation sites (tertiary alicyclic amines) is 1. The van der Waals surface area contributed by atoms with E-state index in [2.05, 4.69) is 68.4 Å². The molecule has 0 radical (unpaired) electrons. The fourth-order valence-electron chi connectivity index (χ4n) is 8.70. The van der Waals surface area contributed by atoms with Gasteiger partial charge in [0.2, 0.25) is 5.91 Å². The number of fused-ring (bicyclic) bond motifs is 3. The Balaban J connectivity index is 1.19. The van der Waals surface area contributed by atoms with Crippen LogP contribution in [0.25, 0.3) is 22.3 Å². The van der Waals surface area contributed by atoms with Crippen LogP contribution in [0.5, 0.6) is 0 Å². The molecule has 2 aromatic carbocycles. The molecule has 1 aliphatic carbocycles. The number of nitrogens with one attached hydrogen (secondary N) is 3. The highest BCUT2D eigenvalue weighted by atomic mass is 16.2. The van der Waals surface area contributed by atoms with Crippen LogP contribution in [0, 0.1) is 6.92 Å². The predicted octanol–water partition coefficient (Wildman–Crippen LogP) is 6.08. The summed E-state index contributed by atoms with van der Waals surface area (Å²) in [7, 11) is 1.65. The van der Waals surface area contributed by atoms with Crippen molar-refractivity contribution in [3.05, 3.63) is 65.5 Å². The summed E-state index contributed by atoms with van der Waals surface area (Å²) < 4.78 is 2.13. The maximum Gasteiger partial charge on any atom is 0.251 e. The molecule has 2 aromatic heterocycles. The molecule has 256 valence electrons. The Kier molecular flexibility index (Phi) is 8.19. The lowest BCUT2D eigenvalue weighted by Crippen LogP contribution is -2.58. The normalized spacial score (nSPS) is 22.1. The predicted molar refractivity (Wildman–Crippen MR) is 195 cm³/mol. The molecule has 3 fully saturated rings. The third kappa shape index (κ3) is 5.40. The number of hydrogen-bond donors (Lipinski definition) is 3. The number of aromatic nitrogens is 3. The van der Waals surface area contributed by atoms with Gasteiger partial charge in [-0.1, -0.05) is 24.6 Å². The second-order valence-electron chi connectivity index (χ2n) is 14.8. The molecule has 0 bridgehead atoms. The van der Waals surface area contributed by atoms with Crippen molar-refractivity contribution in [3.63, 3.8) is 0 Å². The molecular formula is C39H48N8O2. The molecule has 10 heteroatoms. The first-order chi connectivity index (χ1) is 23.8. The molecule has 4 aromatic rings. The number of rotatable bonds is 7. The van der Waals surface area contributed by atoms with Crippen molar-refractivity contribution < 1.29 is 9.59 Å². The second-order valence-corrected chi connectivity index (χ2v) is 14.8. The molecule has 5 heterocycles. The summed E-state index contributed by atoms with van der Waals surface area (Å²) in [5.74, 6) is 0.839. The number of nitrogens with zero attached hydrogens (tertiary/aromatic N) is 5. The van der Waals surface area contributed by atoms with Crippen LogP contribution in [0.15, 0.2) is 48.8 Å². The van der Waals surface area contributed by atoms with E-state index in [1.54, 1.807) is 7.05 Å². The van der Waals surface area contributed by atoms with Gasteiger partial charge in [-0.2, -0.15) is 0 Å². The largest absolute Gasteiger partial charge is 0.355 e. The van der Waals surface area contributed by atoms with Gasteiger partial charge in [-0.15, -0.1) is 0 Å². The number of carbonyl (C=O) groups is 2. The third-order valence-electron chi connectivity index (χ3n) is 11.6. The lowest BCUT2D eigenvalue weighted by molar-refractivity contribution is -0.125. The van der Waals surface area contributed by atoms with Crippen LogP contribution < -0.4 is 20.9 Å². The van der Waals surface area contributed by atoms with Crippen molar-refractivity contribution in [2.75, 3.05) is 43.4 Å². The Morgan fingerprint density at radius 3 is 2.51 bits per heavy atom. The molecule has 2 saturated heterocycles. The summed E-state index contributed by atoms with van der Waals surface area (Å²) in [6.45, 7) is 10.3. The number of amides is 2. The molecule has 1 spiro atoms. The van der Waals surface area contributed by atoms with Gasteiger partial charge < -0.3 is 30.3 Å². The molecular weight excluding hydrogens is 612 g/mol. The van der Waals surface area contributed by atoms with Gasteiger partial charge in [0, 0.05) is 47.7 Å². The molecule has 2 amide bonds. The van der Waals surface area contributed by atoms with Crippen LogP contribution in [0.2, 0.25) is 0 Å². The van der Waals surface area contributed by atoms with E-state index in [9.17, 15) is 9.59 Å². The van der Waals surface area contributed by atoms with E-state index < -0.39 is 5.41 Å². The summed E-state index contributed by atoms with van der Waals surface area (Å²) in [5.41, 5.74) is 7.59. The highest BCUT2D eigenvalue weighted by Gasteiger charge is 2.54. The van der Waals surface area contributed by atoms with Gasteiger partial charge in [0.15, 0.2) is 5.82 Å². The van der Waals surface area contributed by atoms with Crippen molar-refractivity contribution in [2.24, 2.45) is 0 Å². The summed E-state index contributed by atoms with van der Waals surface area (Å²) >= 11 is 0. The minimum atomic E-state index is -0.455. The second kappa shape index (κ2) is 12.6. The molecule has 1 saturated carbocycles. The Morgan fingerprint density at radius 1 is 1.00 bits per heavy atom. The number of piperidine rings is 2. The van der Waals surface area contributed by atoms with E-state index in [0.717, 1.165) is 78.0 Å². The Bertz CT molecular complexity index is 1910. The maximum absolute atomic E-state index is 14.5. The fourth-order valence-corrected chi connectivity index (χ4v) is 8.70. The number of aryl methyl sites for hydroxylation is 1. The van der Waals surface area contributed by atoms with Crippen molar-refractivity contribution >= 4 is 40.0 Å². The number of hydrogen-bond acceptors (Lipinski definition) is 7. The lowest BCUT2D eigenvalue weighted by atomic mass is 9.74. The third-order valence-corrected chi connectivity index (χ3v) is 11.6. The average Bonchev–Trinajstić information content (AvgIpc) is 3.63. The number of carbonyl (C=O) groups excluding carboxylic acids is 2. The lowest BCUT2D eigenvalue weighted by Gasteiger charge is -2.48. The molecule has 8 rings (SSSR count). The van der Waals surface area contributed by atoms with Crippen molar-refractivity contribution in [1.82, 2.24) is 30.1 Å². The standard InChI is InChI=1S/C39H48N8O2/c1-24(2)46-23-42-33-22-32(44-36(35(33)46)43-27-10-8-25(3)30(19-27)37(48)40-4)26-9-11-31-34(18-26)47(38(49)39(31)12-14-41-15-13-39)29-20-28(21-29)45-16-6-5-7-17-45/h8-11,18-19,22-24,28-29,41H,5-7,12-17,20-21H2,1-4H3,(H,40,48)(H,43,44)/t28-,29+. The van der Waals surface area contributed by atoms with E-state index in [4.69, 9.17) is 9.97 Å². The average molecular weight is 661 g/mol. The van der Waals surface area contributed by atoms with Crippen LogP contribution >= 0.6 is 0 Å². The van der Waals surface area contributed by atoms with Crippen LogP contribution in [-0.4, -0.2) is 76.6 Å². The van der Waals surface area contributed by atoms with E-state index in [0.29, 0.717) is 17.4 Å². The van der Waals surface area contributed by atoms with Gasteiger partial charge in [0.25, 0.3) is 5.91 Å². The van der Waals surface area contributed by atoms with E-state index in [1.807, 2.05) is 31.5 Å². The van der Waals surface area contributed by atoms with Gasteiger partial charge in [-0.25, -0.2) is 9.97 Å². The molecule has 0 atom stereocenters. The first-order valence-electron chi connectivity index (χ1n) is 18.2. The Labute approximate surface area is 288 Å². The number of benzene rings is 2. The zero-order valence-corrected chi connectivity index (χ0v) is 29.2. The molecule has 3 aliphatic heterocycles. The minimum absolute atomic E-state index is 0.127. The monoisotopic (exact) mass is 660 g/mol. The van der Waals surface area contributed by atoms with Gasteiger partial charge in [0.1, 0.15) is 5.52 Å². The van der Waals surface area contributed by atoms with Gasteiger partial charge in [-0.05, 0) is 121 Å². The smallest absolute Gasteiger partial charge is 0.251 e. The first kappa shape index (κ1) is 32.0. The molecule has 0 unspecified atom stereocenters. The zero-order chi connectivity index (χ0) is 33.9. The summed E-state index contributed by atoms with van der Waals surface area (Å²) in [6.07, 6.45) is 9.53. The summed E-state index contributed by atoms with van der Waals surface area (Å²) in [5, 5.41) is 9.78. The highest BCUT2D eigenvalue weighted by Crippen LogP contribution is 2.51. The van der Waals surface area contributed by atoms with Crippen molar-refractivity contribution in [2.45, 2.75) is 89.3 Å². The Hall–Kier alpha value is -4.28. The molecule has 3 N–H and O–H groups in total. The maximum atomic E-state index is 14.5. The van der Waals surface area contributed by atoms with Crippen molar-refractivity contribution in [1.29, 1.82) is 0 Å². The van der Waals surface area contributed by atoms with Crippen LogP contribution in [-0.2, 0) is 10.2 Å². The van der Waals surface area contributed by atoms with Gasteiger partial charge >= 0.3 is 0 Å². The number of imidazole rings is 1. The van der Waals surface area contributed by atoms with E-state index in [-0.39, 0.29) is 23.9 Å². The highest BCUT2D eigenvalue weighted by molar-refractivity contribution is 6.09. The molecule has 49 heavy (non-hydrogen) atoms.